The smallest absolute Gasteiger partial charge is 0.249 e. The molecule has 2 atom stereocenters. The van der Waals surface area contributed by atoms with Gasteiger partial charge in [-0.3, -0.25) is 14.4 Å². The van der Waals surface area contributed by atoms with Crippen molar-refractivity contribution in [1.29, 1.82) is 0 Å². The van der Waals surface area contributed by atoms with Gasteiger partial charge in [0.25, 0.3) is 0 Å². The van der Waals surface area contributed by atoms with Gasteiger partial charge < -0.3 is 21.3 Å². The van der Waals surface area contributed by atoms with Crippen molar-refractivity contribution in [2.24, 2.45) is 11.7 Å². The lowest BCUT2D eigenvalue weighted by Gasteiger charge is -2.18. The molecule has 7 nitrogen and oxygen atoms in total. The lowest BCUT2D eigenvalue weighted by Crippen LogP contribution is -2.49. The standard InChI is InChI=1S/C17H23FN4O3/c1-10(2)15(19)16(24)20-9-14(23)21-12-7-8-22(17(12)25)13-6-4-3-5-11(13)18/h3-6,10,12,15H,7-9,19H2,1-2H3,(H,20,24)(H,21,23)/t12?,15-/m0/s1. The van der Waals surface area contributed by atoms with Crippen LogP contribution in [0.15, 0.2) is 24.3 Å². The first-order chi connectivity index (χ1) is 11.8. The molecule has 4 N–H and O–H groups in total. The molecule has 0 aliphatic carbocycles. The number of hydrogen-bond donors (Lipinski definition) is 3. The fraction of sp³-hybridized carbons (Fsp3) is 0.471. The molecule has 1 saturated heterocycles. The first-order valence-corrected chi connectivity index (χ1v) is 8.19. The fourth-order valence-electron chi connectivity index (χ4n) is 2.56. The summed E-state index contributed by atoms with van der Waals surface area (Å²) in [7, 11) is 0. The minimum absolute atomic E-state index is 0.0474. The van der Waals surface area contributed by atoms with Gasteiger partial charge in [-0.1, -0.05) is 26.0 Å². The second-order valence-electron chi connectivity index (χ2n) is 6.34. The van der Waals surface area contributed by atoms with E-state index in [0.717, 1.165) is 0 Å². The van der Waals surface area contributed by atoms with Crippen LogP contribution in [0.3, 0.4) is 0 Å². The Labute approximate surface area is 145 Å². The number of amides is 3. The number of para-hydroxylation sites is 1. The largest absolute Gasteiger partial charge is 0.346 e. The van der Waals surface area contributed by atoms with Crippen LogP contribution < -0.4 is 21.3 Å². The predicted octanol–water partition coefficient (Wildman–Crippen LogP) is 0.147. The van der Waals surface area contributed by atoms with E-state index in [9.17, 15) is 18.8 Å². The second-order valence-corrected chi connectivity index (χ2v) is 6.34. The zero-order valence-electron chi connectivity index (χ0n) is 14.3. The van der Waals surface area contributed by atoms with Crippen LogP contribution in [-0.2, 0) is 14.4 Å². The van der Waals surface area contributed by atoms with E-state index in [1.807, 2.05) is 0 Å². The summed E-state index contributed by atoms with van der Waals surface area (Å²) in [6, 6.07) is 4.56. The maximum atomic E-state index is 13.8. The van der Waals surface area contributed by atoms with E-state index >= 15 is 0 Å². The number of carbonyl (C=O) groups excluding carboxylic acids is 3. The number of nitrogens with zero attached hydrogens (tertiary/aromatic N) is 1. The number of nitrogens with two attached hydrogens (primary N) is 1. The summed E-state index contributed by atoms with van der Waals surface area (Å²) in [6.07, 6.45) is 0.373. The lowest BCUT2D eigenvalue weighted by atomic mass is 10.1. The van der Waals surface area contributed by atoms with Crippen molar-refractivity contribution in [2.45, 2.75) is 32.4 Å². The highest BCUT2D eigenvalue weighted by atomic mass is 19.1. The summed E-state index contributed by atoms with van der Waals surface area (Å²) in [5, 5.41) is 5.01. The van der Waals surface area contributed by atoms with E-state index in [-0.39, 0.29) is 24.1 Å². The number of anilines is 1. The lowest BCUT2D eigenvalue weighted by molar-refractivity contribution is -0.128. The third-order valence-corrected chi connectivity index (χ3v) is 4.13. The molecule has 0 spiro atoms. The first kappa shape index (κ1) is 18.9. The van der Waals surface area contributed by atoms with E-state index < -0.39 is 29.7 Å². The van der Waals surface area contributed by atoms with Crippen molar-refractivity contribution < 1.29 is 18.8 Å². The molecule has 0 aromatic heterocycles. The van der Waals surface area contributed by atoms with E-state index in [1.54, 1.807) is 26.0 Å². The molecule has 0 radical (unpaired) electrons. The van der Waals surface area contributed by atoms with Crippen LogP contribution in [0, 0.1) is 11.7 Å². The van der Waals surface area contributed by atoms with Crippen LogP contribution in [0.4, 0.5) is 10.1 Å². The molecule has 1 aliphatic heterocycles. The summed E-state index contributed by atoms with van der Waals surface area (Å²) in [5.74, 6) is -1.82. The van der Waals surface area contributed by atoms with Crippen LogP contribution in [0.2, 0.25) is 0 Å². The van der Waals surface area contributed by atoms with Gasteiger partial charge in [0.15, 0.2) is 0 Å². The van der Waals surface area contributed by atoms with E-state index in [4.69, 9.17) is 5.73 Å². The van der Waals surface area contributed by atoms with E-state index in [1.165, 1.54) is 17.0 Å². The summed E-state index contributed by atoms with van der Waals surface area (Å²) in [5.41, 5.74) is 5.88. The Balaban J connectivity index is 1.87. The van der Waals surface area contributed by atoms with Gasteiger partial charge >= 0.3 is 0 Å². The first-order valence-electron chi connectivity index (χ1n) is 8.19. The molecular formula is C17H23FN4O3. The van der Waals surface area contributed by atoms with Crippen molar-refractivity contribution in [1.82, 2.24) is 10.6 Å². The van der Waals surface area contributed by atoms with Gasteiger partial charge in [0.05, 0.1) is 18.3 Å². The molecular weight excluding hydrogens is 327 g/mol. The van der Waals surface area contributed by atoms with Crippen LogP contribution in [0.5, 0.6) is 0 Å². The zero-order valence-corrected chi connectivity index (χ0v) is 14.3. The molecule has 1 aromatic rings. The Morgan fingerprint density at radius 1 is 1.36 bits per heavy atom. The summed E-state index contributed by atoms with van der Waals surface area (Å²) >= 11 is 0. The number of halogens is 1. The summed E-state index contributed by atoms with van der Waals surface area (Å²) < 4.78 is 13.8. The van der Waals surface area contributed by atoms with Gasteiger partial charge in [-0.05, 0) is 24.5 Å². The van der Waals surface area contributed by atoms with E-state index in [0.29, 0.717) is 13.0 Å². The van der Waals surface area contributed by atoms with Gasteiger partial charge in [0.2, 0.25) is 17.7 Å². The zero-order chi connectivity index (χ0) is 18.6. The SMILES string of the molecule is CC(C)[C@H](N)C(=O)NCC(=O)NC1CCN(c2ccccc2F)C1=O. The van der Waals surface area contributed by atoms with Crippen LogP contribution in [0.1, 0.15) is 20.3 Å². The Bertz CT molecular complexity index is 665. The highest BCUT2D eigenvalue weighted by Gasteiger charge is 2.34. The average molecular weight is 350 g/mol. The van der Waals surface area contributed by atoms with Crippen molar-refractivity contribution in [3.05, 3.63) is 30.1 Å². The molecule has 2 rings (SSSR count). The fourth-order valence-corrected chi connectivity index (χ4v) is 2.56. The molecule has 0 bridgehead atoms. The number of rotatable bonds is 6. The predicted molar refractivity (Wildman–Crippen MR) is 91.1 cm³/mol. The molecule has 136 valence electrons. The number of hydrogen-bond acceptors (Lipinski definition) is 4. The van der Waals surface area contributed by atoms with Crippen LogP contribution >= 0.6 is 0 Å². The minimum Gasteiger partial charge on any atom is -0.346 e. The quantitative estimate of drug-likeness (QED) is 0.679. The third-order valence-electron chi connectivity index (χ3n) is 4.13. The molecule has 3 amide bonds. The van der Waals surface area contributed by atoms with Gasteiger partial charge in [-0.2, -0.15) is 0 Å². The Hall–Kier alpha value is -2.48. The molecule has 25 heavy (non-hydrogen) atoms. The Morgan fingerprint density at radius 3 is 2.68 bits per heavy atom. The average Bonchev–Trinajstić information content (AvgIpc) is 2.93. The van der Waals surface area contributed by atoms with Gasteiger partial charge in [-0.25, -0.2) is 4.39 Å². The number of carbonyl (C=O) groups is 3. The summed E-state index contributed by atoms with van der Waals surface area (Å²) in [6.45, 7) is 3.66. The highest BCUT2D eigenvalue weighted by molar-refractivity contribution is 6.01. The monoisotopic (exact) mass is 350 g/mol. The van der Waals surface area contributed by atoms with Crippen molar-refractivity contribution in [2.75, 3.05) is 18.0 Å². The maximum Gasteiger partial charge on any atom is 0.249 e. The highest BCUT2D eigenvalue weighted by Crippen LogP contribution is 2.24. The van der Waals surface area contributed by atoms with Crippen molar-refractivity contribution in [3.63, 3.8) is 0 Å². The Kier molecular flexibility index (Phi) is 6.08. The van der Waals surface area contributed by atoms with Crippen LogP contribution in [0.25, 0.3) is 0 Å². The molecule has 1 heterocycles. The maximum absolute atomic E-state index is 13.8. The summed E-state index contributed by atoms with van der Waals surface area (Å²) in [4.78, 5) is 37.4. The van der Waals surface area contributed by atoms with Gasteiger partial charge in [0, 0.05) is 6.54 Å². The topological polar surface area (TPSA) is 105 Å². The van der Waals surface area contributed by atoms with Gasteiger partial charge in [-0.15, -0.1) is 0 Å². The van der Waals surface area contributed by atoms with Crippen LogP contribution in [-0.4, -0.2) is 42.9 Å². The Morgan fingerprint density at radius 2 is 2.04 bits per heavy atom. The van der Waals surface area contributed by atoms with E-state index in [2.05, 4.69) is 10.6 Å². The molecule has 1 aromatic carbocycles. The molecule has 1 fully saturated rings. The van der Waals surface area contributed by atoms with Crippen molar-refractivity contribution in [3.8, 4) is 0 Å². The van der Waals surface area contributed by atoms with Gasteiger partial charge in [0.1, 0.15) is 11.9 Å². The molecule has 8 heteroatoms. The van der Waals surface area contributed by atoms with Crippen molar-refractivity contribution >= 4 is 23.4 Å². The molecule has 0 saturated carbocycles. The number of nitrogens with one attached hydrogen (secondary N) is 2. The minimum atomic E-state index is -0.734. The second kappa shape index (κ2) is 8.06. The number of benzene rings is 1. The normalized spacial score (nSPS) is 18.4. The molecule has 1 aliphatic rings. The molecule has 1 unspecified atom stereocenters. The third kappa shape index (κ3) is 4.54.